The van der Waals surface area contributed by atoms with Crippen LogP contribution < -0.4 is 0 Å². The molecule has 38 heavy (non-hydrogen) atoms. The summed E-state index contributed by atoms with van der Waals surface area (Å²) in [5, 5.41) is 24.8. The summed E-state index contributed by atoms with van der Waals surface area (Å²) < 4.78 is 39.3. The normalized spacial score (nSPS) is 53.5. The van der Waals surface area contributed by atoms with Gasteiger partial charge in [0.05, 0.1) is 18.6 Å². The Kier molecular flexibility index (Phi) is 4.60. The smallest absolute Gasteiger partial charge is 0.303 e. The minimum atomic E-state index is -2.02. The summed E-state index contributed by atoms with van der Waals surface area (Å²) in [6.45, 7) is 13.2. The summed E-state index contributed by atoms with van der Waals surface area (Å²) in [6, 6.07) is 1.88. The highest BCUT2D eigenvalue weighted by Crippen LogP contribution is 2.76. The van der Waals surface area contributed by atoms with E-state index in [0.29, 0.717) is 12.0 Å². The number of ether oxygens (including phenoxy) is 5. The summed E-state index contributed by atoms with van der Waals surface area (Å²) in [4.78, 5) is 12.8. The molecule has 9 heteroatoms. The Hall–Kier alpha value is -1.75. The van der Waals surface area contributed by atoms with Gasteiger partial charge in [-0.2, -0.15) is 0 Å². The van der Waals surface area contributed by atoms with Crippen LogP contribution in [0.1, 0.15) is 79.4 Å². The number of furan rings is 1. The Morgan fingerprint density at radius 1 is 1.11 bits per heavy atom. The molecule has 10 atom stereocenters. The van der Waals surface area contributed by atoms with E-state index in [1.807, 2.05) is 39.8 Å². The lowest BCUT2D eigenvalue weighted by Crippen LogP contribution is -2.76. The van der Waals surface area contributed by atoms with E-state index in [1.165, 1.54) is 6.92 Å². The number of fused-ring (bicyclic) bond motifs is 2. The number of hydrogen-bond donors (Lipinski definition) is 2. The van der Waals surface area contributed by atoms with Gasteiger partial charge < -0.3 is 38.3 Å². The summed E-state index contributed by atoms with van der Waals surface area (Å²) >= 11 is 0. The van der Waals surface area contributed by atoms with Gasteiger partial charge in [0.1, 0.15) is 17.8 Å². The maximum absolute atomic E-state index is 12.8. The molecule has 0 amide bonds. The molecule has 1 spiro atoms. The number of aliphatic hydroxyl groups is 2. The van der Waals surface area contributed by atoms with Crippen molar-refractivity contribution in [1.29, 1.82) is 0 Å². The van der Waals surface area contributed by atoms with Crippen LogP contribution in [0, 0.1) is 22.7 Å². The molecule has 2 N–H and O–H groups in total. The van der Waals surface area contributed by atoms with E-state index in [2.05, 4.69) is 6.92 Å². The van der Waals surface area contributed by atoms with Gasteiger partial charge in [-0.3, -0.25) is 4.79 Å². The van der Waals surface area contributed by atoms with Crippen molar-refractivity contribution < 1.29 is 43.1 Å². The fourth-order valence-corrected chi connectivity index (χ4v) is 9.36. The van der Waals surface area contributed by atoms with Crippen LogP contribution in [0.15, 0.2) is 34.7 Å². The van der Waals surface area contributed by atoms with E-state index in [-0.39, 0.29) is 24.7 Å². The fourth-order valence-electron chi connectivity index (χ4n) is 9.36. The van der Waals surface area contributed by atoms with Gasteiger partial charge in [-0.1, -0.05) is 40.7 Å². The molecular formula is C29H38O9. The van der Waals surface area contributed by atoms with Gasteiger partial charge in [0.25, 0.3) is 0 Å². The summed E-state index contributed by atoms with van der Waals surface area (Å²) in [5.41, 5.74) is -3.08. The lowest BCUT2D eigenvalue weighted by molar-refractivity contribution is -0.443. The van der Waals surface area contributed by atoms with Crippen LogP contribution in [0.2, 0.25) is 0 Å². The standard InChI is InChI=1S/C29H38O9/c1-15(2)27-11-19-24(7,20(35-27)18-8-9-33-12-18)13-25(31)14-26(19)22(37-27)28(34-17(4)30)21(36-25)23(5,6)10-16(3)29(28,32)38-26/h8-10,12,15,19-22,31-32H,11,13-14H2,1-7H3/t19-,20+,21-,22+,24-,25-,26-,27+,28+,29-/m1/s1. The van der Waals surface area contributed by atoms with Crippen LogP contribution in [-0.4, -0.2) is 57.0 Å². The Morgan fingerprint density at radius 3 is 2.47 bits per heavy atom. The lowest BCUT2D eigenvalue weighted by atomic mass is 9.49. The highest BCUT2D eigenvalue weighted by molar-refractivity contribution is 5.68. The number of carbonyl (C=O) groups excluding carboxylic acids is 1. The quantitative estimate of drug-likeness (QED) is 0.445. The summed E-state index contributed by atoms with van der Waals surface area (Å²) in [5.74, 6) is -5.65. The Bertz CT molecular complexity index is 1240. The molecule has 9 nitrogen and oxygen atoms in total. The van der Waals surface area contributed by atoms with Crippen LogP contribution in [0.4, 0.5) is 0 Å². The number of rotatable bonds is 3. The van der Waals surface area contributed by atoms with Gasteiger partial charge in [-0.05, 0) is 18.6 Å². The number of carbonyl (C=O) groups is 1. The SMILES string of the molecule is CC(=O)O[C@@]12[C@@H]3O[C@]4(O)C[C@]5(C)[C@H]6C[C@](C(C)C)(O[C@H]5c5ccoc5)O[C@H]1[C@]6(C4)O[C@]2(O)C(C)=CC3(C)C. The molecule has 0 aromatic carbocycles. The van der Waals surface area contributed by atoms with Crippen LogP contribution in [0.3, 0.4) is 0 Å². The first-order chi connectivity index (χ1) is 17.6. The average molecular weight is 531 g/mol. The van der Waals surface area contributed by atoms with Crippen LogP contribution >= 0.6 is 0 Å². The lowest BCUT2D eigenvalue weighted by Gasteiger charge is -2.68. The molecule has 5 heterocycles. The molecule has 5 fully saturated rings. The van der Waals surface area contributed by atoms with Crippen molar-refractivity contribution in [2.45, 2.75) is 115 Å². The molecule has 4 saturated heterocycles. The Morgan fingerprint density at radius 2 is 1.84 bits per heavy atom. The van der Waals surface area contributed by atoms with Crippen molar-refractivity contribution in [3.8, 4) is 0 Å². The Labute approximate surface area is 222 Å². The summed E-state index contributed by atoms with van der Waals surface area (Å²) in [6.07, 6.45) is 3.57. The van der Waals surface area contributed by atoms with Crippen molar-refractivity contribution in [3.05, 3.63) is 35.8 Å². The van der Waals surface area contributed by atoms with Gasteiger partial charge in [0.2, 0.25) is 11.4 Å². The highest BCUT2D eigenvalue weighted by Gasteiger charge is 2.90. The van der Waals surface area contributed by atoms with E-state index < -0.39 is 63.7 Å². The zero-order valence-corrected chi connectivity index (χ0v) is 23.1. The third kappa shape index (κ3) is 2.62. The minimum Gasteiger partial charge on any atom is -0.472 e. The molecular weight excluding hydrogens is 492 g/mol. The van der Waals surface area contributed by atoms with Crippen molar-refractivity contribution in [2.75, 3.05) is 0 Å². The van der Waals surface area contributed by atoms with Gasteiger partial charge in [-0.25, -0.2) is 0 Å². The molecule has 0 radical (unpaired) electrons. The molecule has 6 aliphatic rings. The summed E-state index contributed by atoms with van der Waals surface area (Å²) in [7, 11) is 0. The highest BCUT2D eigenvalue weighted by atomic mass is 16.8. The fraction of sp³-hybridized carbons (Fsp3) is 0.759. The largest absolute Gasteiger partial charge is 0.472 e. The van der Waals surface area contributed by atoms with Crippen LogP contribution in [-0.2, 0) is 28.5 Å². The van der Waals surface area contributed by atoms with E-state index in [9.17, 15) is 15.0 Å². The first kappa shape index (κ1) is 25.2. The van der Waals surface area contributed by atoms with E-state index in [0.717, 1.165) is 5.56 Å². The second kappa shape index (κ2) is 6.93. The maximum Gasteiger partial charge on any atom is 0.303 e. The Balaban J connectivity index is 1.56. The van der Waals surface area contributed by atoms with Crippen molar-refractivity contribution >= 4 is 5.97 Å². The monoisotopic (exact) mass is 530 g/mol. The third-order valence-electron chi connectivity index (χ3n) is 10.6. The zero-order chi connectivity index (χ0) is 27.3. The van der Waals surface area contributed by atoms with E-state index in [1.54, 1.807) is 19.5 Å². The molecule has 1 aromatic heterocycles. The second-order valence-corrected chi connectivity index (χ2v) is 13.8. The van der Waals surface area contributed by atoms with Crippen molar-refractivity contribution in [3.63, 3.8) is 0 Å². The molecule has 0 unspecified atom stereocenters. The molecule has 4 aliphatic heterocycles. The average Bonchev–Trinajstić information content (AvgIpc) is 3.36. The number of esters is 1. The van der Waals surface area contributed by atoms with Gasteiger partial charge >= 0.3 is 5.97 Å². The topological polar surface area (TPSA) is 117 Å². The maximum atomic E-state index is 12.8. The van der Waals surface area contributed by atoms with E-state index in [4.69, 9.17) is 28.1 Å². The molecule has 1 aromatic rings. The van der Waals surface area contributed by atoms with Crippen molar-refractivity contribution in [1.82, 2.24) is 0 Å². The molecule has 2 aliphatic carbocycles. The van der Waals surface area contributed by atoms with Gasteiger partial charge in [-0.15, -0.1) is 0 Å². The van der Waals surface area contributed by atoms with Crippen molar-refractivity contribution in [2.24, 2.45) is 22.7 Å². The molecule has 5 bridgehead atoms. The minimum absolute atomic E-state index is 0.0718. The molecule has 7 rings (SSSR count). The predicted octanol–water partition coefficient (Wildman–Crippen LogP) is 3.74. The third-order valence-corrected chi connectivity index (χ3v) is 10.6. The predicted molar refractivity (Wildman–Crippen MR) is 131 cm³/mol. The second-order valence-electron chi connectivity index (χ2n) is 13.8. The first-order valence-corrected chi connectivity index (χ1v) is 13.7. The molecule has 208 valence electrons. The van der Waals surface area contributed by atoms with Crippen LogP contribution in [0.25, 0.3) is 0 Å². The first-order valence-electron chi connectivity index (χ1n) is 13.7. The zero-order valence-electron chi connectivity index (χ0n) is 23.1. The van der Waals surface area contributed by atoms with Gasteiger partial charge in [0.15, 0.2) is 11.6 Å². The van der Waals surface area contributed by atoms with Gasteiger partial charge in [0, 0.05) is 54.4 Å². The molecule has 1 saturated carbocycles. The van der Waals surface area contributed by atoms with E-state index >= 15 is 0 Å². The number of hydrogen-bond acceptors (Lipinski definition) is 9. The van der Waals surface area contributed by atoms with Crippen LogP contribution in [0.5, 0.6) is 0 Å².